The molecule has 0 fully saturated rings. The zero-order valence-electron chi connectivity index (χ0n) is 13.7. The van der Waals surface area contributed by atoms with Gasteiger partial charge in [-0.3, -0.25) is 4.79 Å². The van der Waals surface area contributed by atoms with E-state index in [2.05, 4.69) is 5.32 Å². The Morgan fingerprint density at radius 1 is 1.04 bits per heavy atom. The van der Waals surface area contributed by atoms with Crippen LogP contribution in [-0.4, -0.2) is 24.6 Å². The van der Waals surface area contributed by atoms with Crippen LogP contribution in [0.3, 0.4) is 0 Å². The average molecular weight is 367 g/mol. The number of amides is 1. The second-order valence-corrected chi connectivity index (χ2v) is 5.30. The molecule has 0 bridgehead atoms. The monoisotopic (exact) mass is 367 g/mol. The molecule has 26 heavy (non-hydrogen) atoms. The number of ether oxygens (including phenoxy) is 2. The molecule has 2 rings (SSSR count). The molecule has 0 spiro atoms. The standard InChI is InChI=1S/C18H16F3NO4/c1-12(26-15-5-3-2-4-6-15)17(24)25-11-16(23)22-14-9-7-13(8-10-14)18(19,20)21/h2-10,12H,11H2,1H3,(H,22,23)/t12-/m1/s1. The zero-order valence-corrected chi connectivity index (χ0v) is 13.7. The van der Waals surface area contributed by atoms with Gasteiger partial charge in [0.15, 0.2) is 12.7 Å². The minimum Gasteiger partial charge on any atom is -0.479 e. The highest BCUT2D eigenvalue weighted by atomic mass is 19.4. The molecule has 0 aromatic heterocycles. The Hall–Kier alpha value is -3.03. The van der Waals surface area contributed by atoms with Gasteiger partial charge in [0, 0.05) is 5.69 Å². The van der Waals surface area contributed by atoms with Crippen molar-refractivity contribution in [2.45, 2.75) is 19.2 Å². The third kappa shape index (κ3) is 5.80. The van der Waals surface area contributed by atoms with E-state index in [0.717, 1.165) is 24.3 Å². The van der Waals surface area contributed by atoms with Crippen molar-refractivity contribution < 1.29 is 32.2 Å². The number of para-hydroxylation sites is 1. The van der Waals surface area contributed by atoms with Crippen molar-refractivity contribution in [2.24, 2.45) is 0 Å². The van der Waals surface area contributed by atoms with Gasteiger partial charge in [0.2, 0.25) is 0 Å². The number of carbonyl (C=O) groups is 2. The predicted molar refractivity (Wildman–Crippen MR) is 87.6 cm³/mol. The topological polar surface area (TPSA) is 64.6 Å². The summed E-state index contributed by atoms with van der Waals surface area (Å²) >= 11 is 0. The molecule has 0 heterocycles. The van der Waals surface area contributed by atoms with Crippen molar-refractivity contribution in [1.29, 1.82) is 0 Å². The van der Waals surface area contributed by atoms with Gasteiger partial charge in [0.05, 0.1) is 5.56 Å². The summed E-state index contributed by atoms with van der Waals surface area (Å²) < 4.78 is 47.6. The first-order chi connectivity index (χ1) is 12.3. The lowest BCUT2D eigenvalue weighted by Gasteiger charge is -2.14. The lowest BCUT2D eigenvalue weighted by atomic mass is 10.2. The fraction of sp³-hybridized carbons (Fsp3) is 0.222. The van der Waals surface area contributed by atoms with Gasteiger partial charge >= 0.3 is 12.1 Å². The molecule has 0 aliphatic rings. The molecule has 5 nitrogen and oxygen atoms in total. The lowest BCUT2D eigenvalue weighted by molar-refractivity contribution is -0.153. The number of alkyl halides is 3. The molecule has 1 atom stereocenters. The highest BCUT2D eigenvalue weighted by Crippen LogP contribution is 2.29. The summed E-state index contributed by atoms with van der Waals surface area (Å²) in [6.07, 6.45) is -5.37. The van der Waals surface area contributed by atoms with Gasteiger partial charge < -0.3 is 14.8 Å². The molecule has 0 unspecified atom stereocenters. The Bertz CT molecular complexity index is 745. The first-order valence-electron chi connectivity index (χ1n) is 7.61. The van der Waals surface area contributed by atoms with Crippen LogP contribution in [0.15, 0.2) is 54.6 Å². The average Bonchev–Trinajstić information content (AvgIpc) is 2.60. The molecular weight excluding hydrogens is 351 g/mol. The summed E-state index contributed by atoms with van der Waals surface area (Å²) in [5, 5.41) is 2.34. The fourth-order valence-corrected chi connectivity index (χ4v) is 1.94. The van der Waals surface area contributed by atoms with Crippen molar-refractivity contribution in [3.8, 4) is 5.75 Å². The van der Waals surface area contributed by atoms with Crippen LogP contribution in [0.5, 0.6) is 5.75 Å². The summed E-state index contributed by atoms with van der Waals surface area (Å²) in [5.74, 6) is -0.937. The Kier molecular flexibility index (Phi) is 6.21. The minimum absolute atomic E-state index is 0.160. The molecule has 2 aromatic rings. The molecule has 8 heteroatoms. The summed E-state index contributed by atoms with van der Waals surface area (Å²) in [5.41, 5.74) is -0.665. The maximum Gasteiger partial charge on any atom is 0.416 e. The number of nitrogens with one attached hydrogen (secondary N) is 1. The van der Waals surface area contributed by atoms with E-state index in [9.17, 15) is 22.8 Å². The molecule has 138 valence electrons. The molecule has 1 amide bonds. The number of esters is 1. The maximum atomic E-state index is 12.5. The molecular formula is C18H16F3NO4. The van der Waals surface area contributed by atoms with Crippen LogP contribution in [0.2, 0.25) is 0 Å². The number of anilines is 1. The normalized spacial score (nSPS) is 12.2. The van der Waals surface area contributed by atoms with E-state index in [0.29, 0.717) is 5.75 Å². The van der Waals surface area contributed by atoms with Gasteiger partial charge in [0.25, 0.3) is 5.91 Å². The summed E-state index contributed by atoms with van der Waals surface area (Å²) in [4.78, 5) is 23.5. The molecule has 1 N–H and O–H groups in total. The first-order valence-corrected chi connectivity index (χ1v) is 7.61. The van der Waals surface area contributed by atoms with E-state index in [1.807, 2.05) is 0 Å². The van der Waals surface area contributed by atoms with Gasteiger partial charge in [-0.25, -0.2) is 4.79 Å². The van der Waals surface area contributed by atoms with Crippen molar-refractivity contribution in [3.05, 3.63) is 60.2 Å². The molecule has 0 aliphatic heterocycles. The van der Waals surface area contributed by atoms with Crippen molar-refractivity contribution in [2.75, 3.05) is 11.9 Å². The van der Waals surface area contributed by atoms with Gasteiger partial charge in [-0.15, -0.1) is 0 Å². The van der Waals surface area contributed by atoms with Crippen molar-refractivity contribution in [1.82, 2.24) is 0 Å². The molecule has 2 aromatic carbocycles. The Balaban J connectivity index is 1.80. The maximum absolute atomic E-state index is 12.5. The minimum atomic E-state index is -4.45. The van der Waals surface area contributed by atoms with Crippen LogP contribution >= 0.6 is 0 Å². The second-order valence-electron chi connectivity index (χ2n) is 5.30. The quantitative estimate of drug-likeness (QED) is 0.792. The van der Waals surface area contributed by atoms with E-state index < -0.39 is 36.3 Å². The molecule has 0 aliphatic carbocycles. The summed E-state index contributed by atoms with van der Waals surface area (Å²) in [7, 11) is 0. The van der Waals surface area contributed by atoms with Crippen LogP contribution in [0.4, 0.5) is 18.9 Å². The van der Waals surface area contributed by atoms with Crippen LogP contribution in [0.1, 0.15) is 12.5 Å². The van der Waals surface area contributed by atoms with E-state index in [1.165, 1.54) is 6.92 Å². The van der Waals surface area contributed by atoms with Gasteiger partial charge in [-0.1, -0.05) is 18.2 Å². The van der Waals surface area contributed by atoms with Crippen molar-refractivity contribution in [3.63, 3.8) is 0 Å². The van der Waals surface area contributed by atoms with Crippen molar-refractivity contribution >= 4 is 17.6 Å². The lowest BCUT2D eigenvalue weighted by Crippen LogP contribution is -2.29. The smallest absolute Gasteiger partial charge is 0.416 e. The van der Waals surface area contributed by atoms with Gasteiger partial charge in [-0.2, -0.15) is 13.2 Å². The SMILES string of the molecule is C[C@@H](Oc1ccccc1)C(=O)OCC(=O)Nc1ccc(C(F)(F)F)cc1. The van der Waals surface area contributed by atoms with Crippen LogP contribution in [0, 0.1) is 0 Å². The molecule has 0 saturated heterocycles. The van der Waals surface area contributed by atoms with E-state index in [1.54, 1.807) is 30.3 Å². The predicted octanol–water partition coefficient (Wildman–Crippen LogP) is 3.65. The Morgan fingerprint density at radius 2 is 1.65 bits per heavy atom. The highest BCUT2D eigenvalue weighted by molar-refractivity contribution is 5.93. The van der Waals surface area contributed by atoms with Crippen LogP contribution in [-0.2, 0) is 20.5 Å². The van der Waals surface area contributed by atoms with Gasteiger partial charge in [-0.05, 0) is 43.3 Å². The molecule has 0 radical (unpaired) electrons. The summed E-state index contributed by atoms with van der Waals surface area (Å²) in [6, 6.07) is 12.5. The molecule has 0 saturated carbocycles. The number of benzene rings is 2. The zero-order chi connectivity index (χ0) is 19.2. The van der Waals surface area contributed by atoms with E-state index in [-0.39, 0.29) is 5.69 Å². The third-order valence-electron chi connectivity index (χ3n) is 3.23. The van der Waals surface area contributed by atoms with Crippen LogP contribution in [0.25, 0.3) is 0 Å². The summed E-state index contributed by atoms with van der Waals surface area (Å²) in [6.45, 7) is 0.894. The highest BCUT2D eigenvalue weighted by Gasteiger charge is 2.30. The van der Waals surface area contributed by atoms with Crippen LogP contribution < -0.4 is 10.1 Å². The number of hydrogen-bond donors (Lipinski definition) is 1. The third-order valence-corrected chi connectivity index (χ3v) is 3.23. The second kappa shape index (κ2) is 8.37. The number of hydrogen-bond acceptors (Lipinski definition) is 4. The fourth-order valence-electron chi connectivity index (χ4n) is 1.94. The number of carbonyl (C=O) groups excluding carboxylic acids is 2. The Labute approximate surface area is 147 Å². The van der Waals surface area contributed by atoms with E-state index in [4.69, 9.17) is 9.47 Å². The Morgan fingerprint density at radius 3 is 2.23 bits per heavy atom. The van der Waals surface area contributed by atoms with Gasteiger partial charge in [0.1, 0.15) is 5.75 Å². The number of rotatable bonds is 6. The largest absolute Gasteiger partial charge is 0.479 e. The van der Waals surface area contributed by atoms with E-state index >= 15 is 0 Å². The number of halogens is 3. The first kappa shape index (κ1) is 19.3.